The summed E-state index contributed by atoms with van der Waals surface area (Å²) in [5.41, 5.74) is 8.35. The SMILES string of the molecule is CCOc1ccc(OCC)c(NC(=O)CN2Cc3ccccc3C[C@@H]2C(N)=O)c1. The molecule has 0 bridgehead atoms. The van der Waals surface area contributed by atoms with Crippen molar-refractivity contribution in [3.05, 3.63) is 53.6 Å². The van der Waals surface area contributed by atoms with Crippen molar-refractivity contribution in [1.29, 1.82) is 0 Å². The molecule has 0 saturated heterocycles. The quantitative estimate of drug-likeness (QED) is 0.713. The van der Waals surface area contributed by atoms with Gasteiger partial charge >= 0.3 is 0 Å². The number of benzene rings is 2. The van der Waals surface area contributed by atoms with Crippen LogP contribution in [0.2, 0.25) is 0 Å². The van der Waals surface area contributed by atoms with Crippen LogP contribution in [0.25, 0.3) is 0 Å². The molecule has 2 amide bonds. The number of anilines is 1. The molecule has 1 aliphatic heterocycles. The lowest BCUT2D eigenvalue weighted by Gasteiger charge is -2.34. The number of fused-ring (bicyclic) bond motifs is 1. The molecule has 1 atom stereocenters. The first kappa shape index (κ1) is 20.7. The van der Waals surface area contributed by atoms with E-state index in [-0.39, 0.29) is 12.5 Å². The Morgan fingerprint density at radius 1 is 1.10 bits per heavy atom. The minimum absolute atomic E-state index is 0.0480. The van der Waals surface area contributed by atoms with Crippen LogP contribution >= 0.6 is 0 Å². The first-order valence-electron chi connectivity index (χ1n) is 9.81. The maximum absolute atomic E-state index is 12.8. The lowest BCUT2D eigenvalue weighted by molar-refractivity contribution is -0.125. The zero-order chi connectivity index (χ0) is 20.8. The van der Waals surface area contributed by atoms with Crippen molar-refractivity contribution in [3.63, 3.8) is 0 Å². The number of nitrogens with two attached hydrogens (primary N) is 1. The molecule has 3 rings (SSSR count). The van der Waals surface area contributed by atoms with E-state index in [4.69, 9.17) is 15.2 Å². The molecular weight excluding hydrogens is 370 g/mol. The molecule has 3 N–H and O–H groups in total. The monoisotopic (exact) mass is 397 g/mol. The molecule has 29 heavy (non-hydrogen) atoms. The topological polar surface area (TPSA) is 93.9 Å². The van der Waals surface area contributed by atoms with Crippen LogP contribution in [0.5, 0.6) is 11.5 Å². The Morgan fingerprint density at radius 2 is 1.83 bits per heavy atom. The third kappa shape index (κ3) is 5.06. The van der Waals surface area contributed by atoms with Gasteiger partial charge in [-0.1, -0.05) is 24.3 Å². The summed E-state index contributed by atoms with van der Waals surface area (Å²) >= 11 is 0. The Kier molecular flexibility index (Phi) is 6.72. The molecule has 1 aliphatic rings. The van der Waals surface area contributed by atoms with Gasteiger partial charge < -0.3 is 20.5 Å². The molecule has 7 nitrogen and oxygen atoms in total. The summed E-state index contributed by atoms with van der Waals surface area (Å²) in [4.78, 5) is 26.6. The number of rotatable bonds is 8. The predicted molar refractivity (Wildman–Crippen MR) is 111 cm³/mol. The van der Waals surface area contributed by atoms with Gasteiger partial charge in [-0.25, -0.2) is 0 Å². The molecule has 0 unspecified atom stereocenters. The van der Waals surface area contributed by atoms with Gasteiger partial charge in [0, 0.05) is 12.6 Å². The minimum atomic E-state index is -0.517. The van der Waals surface area contributed by atoms with E-state index in [1.54, 1.807) is 18.2 Å². The molecule has 0 aromatic heterocycles. The Bertz CT molecular complexity index is 884. The smallest absolute Gasteiger partial charge is 0.238 e. The van der Waals surface area contributed by atoms with Crippen LogP contribution in [0.3, 0.4) is 0 Å². The van der Waals surface area contributed by atoms with Gasteiger partial charge in [-0.15, -0.1) is 0 Å². The van der Waals surface area contributed by atoms with E-state index in [2.05, 4.69) is 5.32 Å². The second-order valence-electron chi connectivity index (χ2n) is 6.87. The van der Waals surface area contributed by atoms with Crippen molar-refractivity contribution >= 4 is 17.5 Å². The average Bonchev–Trinajstić information content (AvgIpc) is 2.69. The predicted octanol–water partition coefficient (Wildman–Crippen LogP) is 2.33. The molecule has 0 aliphatic carbocycles. The summed E-state index contributed by atoms with van der Waals surface area (Å²) < 4.78 is 11.1. The molecule has 0 spiro atoms. The molecular formula is C22H27N3O4. The summed E-state index contributed by atoms with van der Waals surface area (Å²) in [6, 6.07) is 12.7. The Hall–Kier alpha value is -3.06. The summed E-state index contributed by atoms with van der Waals surface area (Å²) in [7, 11) is 0. The largest absolute Gasteiger partial charge is 0.494 e. The first-order valence-corrected chi connectivity index (χ1v) is 9.81. The van der Waals surface area contributed by atoms with Gasteiger partial charge in [0.25, 0.3) is 0 Å². The van der Waals surface area contributed by atoms with Crippen LogP contribution < -0.4 is 20.5 Å². The summed E-state index contributed by atoms with van der Waals surface area (Å²) in [5, 5.41) is 2.89. The number of primary amides is 1. The number of hydrogen-bond donors (Lipinski definition) is 2. The van der Waals surface area contributed by atoms with Crippen LogP contribution in [0, 0.1) is 0 Å². The third-order valence-corrected chi connectivity index (χ3v) is 4.86. The van der Waals surface area contributed by atoms with Crippen molar-refractivity contribution in [2.75, 3.05) is 25.1 Å². The normalized spacial score (nSPS) is 16.0. The maximum atomic E-state index is 12.8. The number of nitrogens with one attached hydrogen (secondary N) is 1. The van der Waals surface area contributed by atoms with E-state index in [0.717, 1.165) is 11.1 Å². The molecule has 1 heterocycles. The second kappa shape index (κ2) is 9.43. The number of ether oxygens (including phenoxy) is 2. The standard InChI is InChI=1S/C22H27N3O4/c1-3-28-17-9-10-20(29-4-2)18(12-17)24-21(26)14-25-13-16-8-6-5-7-15(16)11-19(25)22(23)27/h5-10,12,19H,3-4,11,13-14H2,1-2H3,(H2,23,27)(H,24,26)/t19-/m1/s1. The molecule has 2 aromatic rings. The van der Waals surface area contributed by atoms with E-state index in [1.165, 1.54) is 0 Å². The van der Waals surface area contributed by atoms with Crippen LogP contribution in [-0.2, 0) is 22.6 Å². The van der Waals surface area contributed by atoms with Crippen LogP contribution in [0.15, 0.2) is 42.5 Å². The highest BCUT2D eigenvalue weighted by atomic mass is 16.5. The van der Waals surface area contributed by atoms with Gasteiger partial charge in [-0.3, -0.25) is 14.5 Å². The van der Waals surface area contributed by atoms with Gasteiger partial charge in [0.05, 0.1) is 31.5 Å². The van der Waals surface area contributed by atoms with Crippen molar-refractivity contribution in [3.8, 4) is 11.5 Å². The Labute approximate surface area is 170 Å². The van der Waals surface area contributed by atoms with Crippen LogP contribution in [0.4, 0.5) is 5.69 Å². The van der Waals surface area contributed by atoms with E-state index >= 15 is 0 Å². The zero-order valence-electron chi connectivity index (χ0n) is 16.8. The fourth-order valence-electron chi connectivity index (χ4n) is 3.54. The van der Waals surface area contributed by atoms with E-state index in [0.29, 0.717) is 43.4 Å². The summed E-state index contributed by atoms with van der Waals surface area (Å²) in [6.07, 6.45) is 0.503. The van der Waals surface area contributed by atoms with Crippen molar-refractivity contribution in [2.24, 2.45) is 5.73 Å². The molecule has 0 radical (unpaired) electrons. The molecule has 0 fully saturated rings. The second-order valence-corrected chi connectivity index (χ2v) is 6.87. The van der Waals surface area contributed by atoms with Gasteiger partial charge in [-0.2, -0.15) is 0 Å². The number of carbonyl (C=O) groups excluding carboxylic acids is 2. The third-order valence-electron chi connectivity index (χ3n) is 4.86. The van der Waals surface area contributed by atoms with Crippen molar-refractivity contribution in [1.82, 2.24) is 4.90 Å². The number of hydrogen-bond acceptors (Lipinski definition) is 5. The molecule has 0 saturated carbocycles. The number of amides is 2. The fraction of sp³-hybridized carbons (Fsp3) is 0.364. The van der Waals surface area contributed by atoms with Gasteiger partial charge in [0.2, 0.25) is 11.8 Å². The van der Waals surface area contributed by atoms with Gasteiger partial charge in [-0.05, 0) is 43.5 Å². The Morgan fingerprint density at radius 3 is 2.52 bits per heavy atom. The Balaban J connectivity index is 1.75. The molecule has 154 valence electrons. The lowest BCUT2D eigenvalue weighted by Crippen LogP contribution is -2.50. The summed E-state index contributed by atoms with van der Waals surface area (Å²) in [5.74, 6) is 0.541. The highest BCUT2D eigenvalue weighted by Crippen LogP contribution is 2.30. The molecule has 2 aromatic carbocycles. The van der Waals surface area contributed by atoms with E-state index in [9.17, 15) is 9.59 Å². The van der Waals surface area contributed by atoms with Crippen LogP contribution in [0.1, 0.15) is 25.0 Å². The average molecular weight is 397 g/mol. The first-order chi connectivity index (χ1) is 14.0. The van der Waals surface area contributed by atoms with E-state index < -0.39 is 11.9 Å². The number of nitrogens with zero attached hydrogens (tertiary/aromatic N) is 1. The zero-order valence-corrected chi connectivity index (χ0v) is 16.8. The molecule has 7 heteroatoms. The van der Waals surface area contributed by atoms with Crippen LogP contribution in [-0.4, -0.2) is 42.5 Å². The highest BCUT2D eigenvalue weighted by molar-refractivity contribution is 5.94. The van der Waals surface area contributed by atoms with Crippen molar-refractivity contribution < 1.29 is 19.1 Å². The lowest BCUT2D eigenvalue weighted by atomic mass is 9.93. The number of carbonyl (C=O) groups is 2. The van der Waals surface area contributed by atoms with Crippen molar-refractivity contribution in [2.45, 2.75) is 32.9 Å². The summed E-state index contributed by atoms with van der Waals surface area (Å²) in [6.45, 7) is 5.32. The fourth-order valence-corrected chi connectivity index (χ4v) is 3.54. The minimum Gasteiger partial charge on any atom is -0.494 e. The van der Waals surface area contributed by atoms with Gasteiger partial charge in [0.15, 0.2) is 0 Å². The van der Waals surface area contributed by atoms with E-state index in [1.807, 2.05) is 43.0 Å². The maximum Gasteiger partial charge on any atom is 0.238 e. The highest BCUT2D eigenvalue weighted by Gasteiger charge is 2.31. The van der Waals surface area contributed by atoms with Gasteiger partial charge in [0.1, 0.15) is 11.5 Å².